The Kier molecular flexibility index (Phi) is 4.30. The largest absolute Gasteiger partial charge is 0.380 e. The summed E-state index contributed by atoms with van der Waals surface area (Å²) in [5.41, 5.74) is 4.91. The molecule has 1 aromatic rings. The van der Waals surface area contributed by atoms with Gasteiger partial charge >= 0.3 is 0 Å². The molecule has 0 aliphatic heterocycles. The van der Waals surface area contributed by atoms with E-state index in [-0.39, 0.29) is 0 Å². The molecule has 0 fully saturated rings. The highest BCUT2D eigenvalue weighted by Gasteiger charge is 1.96. The fourth-order valence-corrected chi connectivity index (χ4v) is 1.45. The van der Waals surface area contributed by atoms with E-state index in [1.165, 1.54) is 16.7 Å². The molecule has 0 saturated heterocycles. The third kappa shape index (κ3) is 3.60. The first kappa shape index (κ1) is 11.4. The number of halogens is 2. The summed E-state index contributed by atoms with van der Waals surface area (Å²) in [6.45, 7) is 4.70. The average Bonchev–Trinajstić information content (AvgIpc) is 2.12. The van der Waals surface area contributed by atoms with E-state index < -0.39 is 0 Å². The van der Waals surface area contributed by atoms with E-state index in [4.69, 9.17) is 23.2 Å². The molecular weight excluding hydrogens is 217 g/mol. The van der Waals surface area contributed by atoms with E-state index in [1.807, 2.05) is 0 Å². The number of aryl methyl sites for hydroxylation is 2. The molecule has 0 unspecified atom stereocenters. The van der Waals surface area contributed by atoms with Gasteiger partial charge < -0.3 is 5.32 Å². The van der Waals surface area contributed by atoms with Crippen molar-refractivity contribution in [2.75, 3.05) is 11.9 Å². The molecule has 1 N–H and O–H groups in total. The van der Waals surface area contributed by atoms with Gasteiger partial charge in [0.25, 0.3) is 0 Å². The van der Waals surface area contributed by atoms with E-state index in [0.29, 0.717) is 11.6 Å². The normalized spacial score (nSPS) is 11.6. The summed E-state index contributed by atoms with van der Waals surface area (Å²) in [6.07, 6.45) is 0. The fourth-order valence-electron chi connectivity index (χ4n) is 1.30. The van der Waals surface area contributed by atoms with Gasteiger partial charge in [0.2, 0.25) is 0 Å². The molecule has 0 aliphatic carbocycles. The van der Waals surface area contributed by atoms with Gasteiger partial charge in [0.15, 0.2) is 0 Å². The number of benzene rings is 1. The van der Waals surface area contributed by atoms with Gasteiger partial charge in [-0.15, -0.1) is 0 Å². The second-order valence-electron chi connectivity index (χ2n) is 3.29. The maximum Gasteiger partial charge on any atom is 0.0516 e. The van der Waals surface area contributed by atoms with Crippen LogP contribution in [0.5, 0.6) is 0 Å². The van der Waals surface area contributed by atoms with Crippen molar-refractivity contribution in [2.24, 2.45) is 0 Å². The number of nitrogens with one attached hydrogen (secondary N) is 1. The molecule has 14 heavy (non-hydrogen) atoms. The molecule has 0 radical (unpaired) electrons. The Morgan fingerprint density at radius 1 is 1.29 bits per heavy atom. The molecule has 0 aromatic heterocycles. The van der Waals surface area contributed by atoms with Crippen LogP contribution in [0.2, 0.25) is 0 Å². The Hall–Kier alpha value is -0.660. The molecule has 1 nitrogen and oxygen atoms in total. The van der Waals surface area contributed by atoms with E-state index in [2.05, 4.69) is 37.4 Å². The first-order valence-electron chi connectivity index (χ1n) is 4.39. The highest BCUT2D eigenvalue weighted by atomic mass is 35.5. The molecule has 0 spiro atoms. The lowest BCUT2D eigenvalue weighted by atomic mass is 10.1. The number of hydrogen-bond donors (Lipinski definition) is 1. The smallest absolute Gasteiger partial charge is 0.0516 e. The average molecular weight is 230 g/mol. The first-order chi connectivity index (χ1) is 6.61. The van der Waals surface area contributed by atoms with Crippen LogP contribution in [-0.2, 0) is 0 Å². The highest BCUT2D eigenvalue weighted by Crippen LogP contribution is 2.14. The fraction of sp³-hybridized carbons (Fsp3) is 0.273. The van der Waals surface area contributed by atoms with Gasteiger partial charge in [-0.25, -0.2) is 0 Å². The van der Waals surface area contributed by atoms with Crippen LogP contribution in [0.3, 0.4) is 0 Å². The van der Waals surface area contributed by atoms with Crippen LogP contribution in [0, 0.1) is 13.8 Å². The van der Waals surface area contributed by atoms with Gasteiger partial charge in [0.1, 0.15) is 0 Å². The van der Waals surface area contributed by atoms with Crippen molar-refractivity contribution in [3.05, 3.63) is 39.9 Å². The Balaban J connectivity index is 2.67. The van der Waals surface area contributed by atoms with Gasteiger partial charge in [0, 0.05) is 16.3 Å². The van der Waals surface area contributed by atoms with Crippen molar-refractivity contribution < 1.29 is 0 Å². The first-order valence-corrected chi connectivity index (χ1v) is 5.20. The number of rotatable bonds is 3. The summed E-state index contributed by atoms with van der Waals surface area (Å²) >= 11 is 11.2. The molecule has 3 heteroatoms. The van der Waals surface area contributed by atoms with Crippen LogP contribution in [0.25, 0.3) is 0 Å². The third-order valence-corrected chi connectivity index (χ3v) is 2.42. The minimum absolute atomic E-state index is 0.563. The van der Waals surface area contributed by atoms with Crippen LogP contribution < -0.4 is 5.32 Å². The zero-order valence-electron chi connectivity index (χ0n) is 8.27. The van der Waals surface area contributed by atoms with E-state index >= 15 is 0 Å². The van der Waals surface area contributed by atoms with Crippen LogP contribution in [0.4, 0.5) is 5.69 Å². The van der Waals surface area contributed by atoms with Crippen molar-refractivity contribution >= 4 is 28.9 Å². The Morgan fingerprint density at radius 2 is 1.86 bits per heavy atom. The summed E-state index contributed by atoms with van der Waals surface area (Å²) in [5, 5.41) is 3.79. The Morgan fingerprint density at radius 3 is 2.36 bits per heavy atom. The van der Waals surface area contributed by atoms with E-state index in [0.717, 1.165) is 5.69 Å². The molecule has 0 amide bonds. The monoisotopic (exact) mass is 229 g/mol. The molecule has 0 heterocycles. The highest BCUT2D eigenvalue weighted by molar-refractivity contribution is 6.36. The van der Waals surface area contributed by atoms with Crippen molar-refractivity contribution in [1.82, 2.24) is 0 Å². The van der Waals surface area contributed by atoms with Crippen molar-refractivity contribution in [2.45, 2.75) is 13.8 Å². The summed E-state index contributed by atoms with van der Waals surface area (Å²) in [5.74, 6) is 0. The standard InChI is InChI=1S/C11H13Cl2N/c1-8-3-9(2)5-11(4-8)14-7-10(13)6-12/h3-6,14H,7H2,1-2H3. The van der Waals surface area contributed by atoms with Gasteiger partial charge in [-0.1, -0.05) is 29.3 Å². The van der Waals surface area contributed by atoms with Gasteiger partial charge in [-0.3, -0.25) is 0 Å². The maximum absolute atomic E-state index is 5.76. The van der Waals surface area contributed by atoms with Crippen molar-refractivity contribution in [1.29, 1.82) is 0 Å². The lowest BCUT2D eigenvalue weighted by molar-refractivity contribution is 1.28. The number of anilines is 1. The summed E-state index contributed by atoms with van der Waals surface area (Å²) < 4.78 is 0. The van der Waals surface area contributed by atoms with Crippen molar-refractivity contribution in [3.8, 4) is 0 Å². The summed E-state index contributed by atoms with van der Waals surface area (Å²) in [6, 6.07) is 6.28. The SMILES string of the molecule is Cc1cc(C)cc(NCC(Cl)=CCl)c1. The Bertz CT molecular complexity index is 325. The second-order valence-corrected chi connectivity index (χ2v) is 3.99. The van der Waals surface area contributed by atoms with Crippen LogP contribution in [-0.4, -0.2) is 6.54 Å². The molecular formula is C11H13Cl2N. The van der Waals surface area contributed by atoms with Crippen LogP contribution in [0.1, 0.15) is 11.1 Å². The Labute approximate surface area is 94.7 Å². The number of hydrogen-bond acceptors (Lipinski definition) is 1. The second kappa shape index (κ2) is 5.28. The van der Waals surface area contributed by atoms with E-state index in [9.17, 15) is 0 Å². The van der Waals surface area contributed by atoms with Crippen molar-refractivity contribution in [3.63, 3.8) is 0 Å². The lowest BCUT2D eigenvalue weighted by Crippen LogP contribution is -2.01. The van der Waals surface area contributed by atoms with Gasteiger partial charge in [-0.05, 0) is 37.1 Å². The predicted molar refractivity (Wildman–Crippen MR) is 64.2 cm³/mol. The minimum Gasteiger partial charge on any atom is -0.380 e. The quantitative estimate of drug-likeness (QED) is 0.826. The molecule has 1 aromatic carbocycles. The van der Waals surface area contributed by atoms with E-state index in [1.54, 1.807) is 0 Å². The maximum atomic E-state index is 5.76. The minimum atomic E-state index is 0.563. The van der Waals surface area contributed by atoms with Crippen LogP contribution in [0.15, 0.2) is 28.8 Å². The zero-order valence-corrected chi connectivity index (χ0v) is 9.78. The third-order valence-electron chi connectivity index (χ3n) is 1.80. The summed E-state index contributed by atoms with van der Waals surface area (Å²) in [7, 11) is 0. The molecule has 0 bridgehead atoms. The zero-order chi connectivity index (χ0) is 10.6. The summed E-state index contributed by atoms with van der Waals surface area (Å²) in [4.78, 5) is 0. The molecule has 76 valence electrons. The molecule has 0 aliphatic rings. The molecule has 1 rings (SSSR count). The van der Waals surface area contributed by atoms with Gasteiger partial charge in [-0.2, -0.15) is 0 Å². The predicted octanol–water partition coefficient (Wildman–Crippen LogP) is 4.03. The topological polar surface area (TPSA) is 12.0 Å². The lowest BCUT2D eigenvalue weighted by Gasteiger charge is -2.07. The van der Waals surface area contributed by atoms with Crippen LogP contribution >= 0.6 is 23.2 Å². The molecule has 0 saturated carbocycles. The molecule has 0 atom stereocenters. The van der Waals surface area contributed by atoms with Gasteiger partial charge in [0.05, 0.1) is 6.54 Å².